The van der Waals surface area contributed by atoms with Crippen molar-refractivity contribution in [1.29, 1.82) is 0 Å². The highest BCUT2D eigenvalue weighted by Gasteiger charge is 2.08. The number of hydrogen-bond donors (Lipinski definition) is 2. The lowest BCUT2D eigenvalue weighted by Gasteiger charge is -2.07. The molecule has 1 amide bonds. The van der Waals surface area contributed by atoms with E-state index in [1.54, 1.807) is 6.20 Å². The normalized spacial score (nSPS) is 10.3. The first kappa shape index (κ1) is 16.6. The molecular weight excluding hydrogens is 314 g/mol. The number of anilines is 2. The summed E-state index contributed by atoms with van der Waals surface area (Å²) in [5.41, 5.74) is 3.27. The van der Waals surface area contributed by atoms with Crippen LogP contribution in [0.25, 0.3) is 0 Å². The Hall–Kier alpha value is -3.28. The Balaban J connectivity index is 1.58. The van der Waals surface area contributed by atoms with Gasteiger partial charge < -0.3 is 10.6 Å². The highest BCUT2D eigenvalue weighted by atomic mass is 16.1. The average molecular weight is 333 g/mol. The van der Waals surface area contributed by atoms with Crippen LogP contribution < -0.4 is 10.6 Å². The van der Waals surface area contributed by atoms with Crippen LogP contribution in [0.5, 0.6) is 0 Å². The van der Waals surface area contributed by atoms with E-state index in [9.17, 15) is 4.79 Å². The first-order chi connectivity index (χ1) is 12.2. The molecular formula is C19H19N5O. The maximum atomic E-state index is 12.2. The minimum absolute atomic E-state index is 0.236. The fraction of sp³-hybridized carbons (Fsp3) is 0.158. The number of aromatic nitrogens is 3. The summed E-state index contributed by atoms with van der Waals surface area (Å²) in [5, 5.41) is 5.91. The van der Waals surface area contributed by atoms with E-state index in [1.807, 2.05) is 42.5 Å². The van der Waals surface area contributed by atoms with Crippen LogP contribution in [0.3, 0.4) is 0 Å². The molecule has 0 fully saturated rings. The van der Waals surface area contributed by atoms with Gasteiger partial charge in [0, 0.05) is 24.3 Å². The zero-order chi connectivity index (χ0) is 17.5. The summed E-state index contributed by atoms with van der Waals surface area (Å²) in [4.78, 5) is 24.8. The van der Waals surface area contributed by atoms with Crippen molar-refractivity contribution in [3.8, 4) is 0 Å². The van der Waals surface area contributed by atoms with Crippen LogP contribution in [-0.4, -0.2) is 20.9 Å². The fourth-order valence-corrected chi connectivity index (χ4v) is 2.24. The second kappa shape index (κ2) is 8.01. The van der Waals surface area contributed by atoms with Crippen molar-refractivity contribution >= 4 is 17.5 Å². The number of nitrogens with zero attached hydrogens (tertiary/aromatic N) is 3. The quantitative estimate of drug-likeness (QED) is 0.723. The number of benzene rings is 1. The van der Waals surface area contributed by atoms with Gasteiger partial charge in [-0.15, -0.1) is 0 Å². The SMILES string of the molecule is CCc1ccc(NC(=O)c2cnc(NCc3ccccn3)nc2)cc1. The number of rotatable bonds is 6. The predicted octanol–water partition coefficient (Wildman–Crippen LogP) is 3.30. The summed E-state index contributed by atoms with van der Waals surface area (Å²) >= 11 is 0. The zero-order valence-corrected chi connectivity index (χ0v) is 13.9. The first-order valence-electron chi connectivity index (χ1n) is 8.10. The number of amides is 1. The minimum Gasteiger partial charge on any atom is -0.349 e. The van der Waals surface area contributed by atoms with Crippen molar-refractivity contribution in [2.45, 2.75) is 19.9 Å². The van der Waals surface area contributed by atoms with Gasteiger partial charge in [0.05, 0.1) is 17.8 Å². The van der Waals surface area contributed by atoms with E-state index >= 15 is 0 Å². The average Bonchev–Trinajstić information content (AvgIpc) is 2.68. The molecule has 0 bridgehead atoms. The molecule has 2 heterocycles. The minimum atomic E-state index is -0.236. The monoisotopic (exact) mass is 333 g/mol. The van der Waals surface area contributed by atoms with E-state index in [-0.39, 0.29) is 5.91 Å². The van der Waals surface area contributed by atoms with E-state index in [1.165, 1.54) is 18.0 Å². The number of pyridine rings is 1. The molecule has 0 aliphatic rings. The van der Waals surface area contributed by atoms with Gasteiger partial charge >= 0.3 is 0 Å². The van der Waals surface area contributed by atoms with Gasteiger partial charge in [-0.25, -0.2) is 9.97 Å². The molecule has 0 aliphatic carbocycles. The Morgan fingerprint density at radius 3 is 2.40 bits per heavy atom. The van der Waals surface area contributed by atoms with Crippen LogP contribution in [0.15, 0.2) is 61.1 Å². The van der Waals surface area contributed by atoms with Crippen molar-refractivity contribution < 1.29 is 4.79 Å². The molecule has 2 N–H and O–H groups in total. The van der Waals surface area contributed by atoms with Crippen molar-refractivity contribution in [3.05, 3.63) is 77.9 Å². The van der Waals surface area contributed by atoms with Gasteiger partial charge in [-0.05, 0) is 36.2 Å². The Bertz CT molecular complexity index is 817. The summed E-state index contributed by atoms with van der Waals surface area (Å²) in [6.07, 6.45) is 5.71. The molecule has 126 valence electrons. The Morgan fingerprint density at radius 1 is 1.00 bits per heavy atom. The molecule has 0 unspecified atom stereocenters. The molecule has 3 aromatic rings. The highest BCUT2D eigenvalue weighted by Crippen LogP contribution is 2.12. The molecule has 2 aromatic heterocycles. The molecule has 1 aromatic carbocycles. The van der Waals surface area contributed by atoms with Gasteiger partial charge in [0.1, 0.15) is 0 Å². The molecule has 0 radical (unpaired) electrons. The Kier molecular flexibility index (Phi) is 5.31. The zero-order valence-electron chi connectivity index (χ0n) is 13.9. The number of carbonyl (C=O) groups excluding carboxylic acids is 1. The summed E-state index contributed by atoms with van der Waals surface area (Å²) in [6, 6.07) is 13.5. The summed E-state index contributed by atoms with van der Waals surface area (Å²) in [5.74, 6) is 0.218. The number of nitrogens with one attached hydrogen (secondary N) is 2. The highest BCUT2D eigenvalue weighted by molar-refractivity contribution is 6.03. The Morgan fingerprint density at radius 2 is 1.76 bits per heavy atom. The van der Waals surface area contributed by atoms with Crippen LogP contribution in [0.2, 0.25) is 0 Å². The Labute approximate surface area is 146 Å². The number of hydrogen-bond acceptors (Lipinski definition) is 5. The molecule has 6 nitrogen and oxygen atoms in total. The van der Waals surface area contributed by atoms with E-state index in [0.717, 1.165) is 17.8 Å². The second-order valence-corrected chi connectivity index (χ2v) is 5.47. The van der Waals surface area contributed by atoms with Crippen LogP contribution >= 0.6 is 0 Å². The first-order valence-corrected chi connectivity index (χ1v) is 8.10. The number of aryl methyl sites for hydroxylation is 1. The maximum Gasteiger partial charge on any atom is 0.258 e. The van der Waals surface area contributed by atoms with Crippen LogP contribution in [0.4, 0.5) is 11.6 Å². The second-order valence-electron chi connectivity index (χ2n) is 5.47. The van der Waals surface area contributed by atoms with Gasteiger partial charge in [0.25, 0.3) is 5.91 Å². The fourth-order valence-electron chi connectivity index (χ4n) is 2.24. The lowest BCUT2D eigenvalue weighted by molar-refractivity contribution is 0.102. The molecule has 25 heavy (non-hydrogen) atoms. The van der Waals surface area contributed by atoms with E-state index < -0.39 is 0 Å². The van der Waals surface area contributed by atoms with Gasteiger partial charge in [-0.3, -0.25) is 9.78 Å². The van der Waals surface area contributed by atoms with Crippen molar-refractivity contribution in [2.75, 3.05) is 10.6 Å². The maximum absolute atomic E-state index is 12.2. The summed E-state index contributed by atoms with van der Waals surface area (Å²) < 4.78 is 0. The molecule has 6 heteroatoms. The van der Waals surface area contributed by atoms with Gasteiger partial charge in [-0.1, -0.05) is 25.1 Å². The van der Waals surface area contributed by atoms with Crippen LogP contribution in [0, 0.1) is 0 Å². The summed E-state index contributed by atoms with van der Waals surface area (Å²) in [7, 11) is 0. The molecule has 0 atom stereocenters. The van der Waals surface area contributed by atoms with Crippen molar-refractivity contribution in [2.24, 2.45) is 0 Å². The number of carbonyl (C=O) groups is 1. The van der Waals surface area contributed by atoms with Crippen LogP contribution in [-0.2, 0) is 13.0 Å². The molecule has 3 rings (SSSR count). The van der Waals surface area contributed by atoms with E-state index in [4.69, 9.17) is 0 Å². The van der Waals surface area contributed by atoms with Crippen molar-refractivity contribution in [3.63, 3.8) is 0 Å². The molecule has 0 saturated heterocycles. The lowest BCUT2D eigenvalue weighted by Crippen LogP contribution is -2.13. The van der Waals surface area contributed by atoms with E-state index in [0.29, 0.717) is 18.1 Å². The third kappa shape index (κ3) is 4.60. The van der Waals surface area contributed by atoms with Gasteiger partial charge in [0.2, 0.25) is 5.95 Å². The molecule has 0 saturated carbocycles. The third-order valence-electron chi connectivity index (χ3n) is 3.69. The largest absolute Gasteiger partial charge is 0.349 e. The molecule has 0 aliphatic heterocycles. The topological polar surface area (TPSA) is 79.8 Å². The van der Waals surface area contributed by atoms with Crippen LogP contribution in [0.1, 0.15) is 28.5 Å². The third-order valence-corrected chi connectivity index (χ3v) is 3.69. The van der Waals surface area contributed by atoms with Gasteiger partial charge in [-0.2, -0.15) is 0 Å². The summed E-state index contributed by atoms with van der Waals surface area (Å²) in [6.45, 7) is 2.62. The predicted molar refractivity (Wildman–Crippen MR) is 97.4 cm³/mol. The van der Waals surface area contributed by atoms with Crippen molar-refractivity contribution in [1.82, 2.24) is 15.0 Å². The molecule has 0 spiro atoms. The van der Waals surface area contributed by atoms with Gasteiger partial charge in [0.15, 0.2) is 0 Å². The standard InChI is InChI=1S/C19H19N5O/c1-2-14-6-8-16(9-7-14)24-18(25)15-11-21-19(22-12-15)23-13-17-5-3-4-10-20-17/h3-12H,2,13H2,1H3,(H,24,25)(H,21,22,23). The smallest absolute Gasteiger partial charge is 0.258 e. The van der Waals surface area contributed by atoms with E-state index in [2.05, 4.69) is 32.5 Å². The lowest BCUT2D eigenvalue weighted by atomic mass is 10.1.